The summed E-state index contributed by atoms with van der Waals surface area (Å²) in [5.41, 5.74) is 2.38. The number of nitrogens with zero attached hydrogens (tertiary/aromatic N) is 4. The molecule has 3 heterocycles. The van der Waals surface area contributed by atoms with E-state index >= 15 is 0 Å². The number of aromatic nitrogens is 2. The number of rotatable bonds is 8. The molecule has 0 amide bonds. The number of hydrogen-bond donors (Lipinski definition) is 0. The van der Waals surface area contributed by atoms with Crippen LogP contribution in [0, 0.1) is 0 Å². The highest BCUT2D eigenvalue weighted by atomic mass is 16.5. The van der Waals surface area contributed by atoms with Gasteiger partial charge in [0.1, 0.15) is 5.75 Å². The van der Waals surface area contributed by atoms with E-state index in [1.807, 2.05) is 24.5 Å². The highest BCUT2D eigenvalue weighted by Gasteiger charge is 2.20. The summed E-state index contributed by atoms with van der Waals surface area (Å²) < 4.78 is 16.6. The molecule has 1 atom stereocenters. The Labute approximate surface area is 172 Å². The summed E-state index contributed by atoms with van der Waals surface area (Å²) in [5, 5.41) is 0. The quantitative estimate of drug-likeness (QED) is 0.677. The molecule has 1 aromatic heterocycles. The van der Waals surface area contributed by atoms with Gasteiger partial charge in [-0.15, -0.1) is 0 Å². The van der Waals surface area contributed by atoms with E-state index in [0.29, 0.717) is 6.10 Å². The van der Waals surface area contributed by atoms with Crippen LogP contribution in [-0.2, 0) is 22.6 Å². The summed E-state index contributed by atoms with van der Waals surface area (Å²) in [6, 6.07) is 8.28. The van der Waals surface area contributed by atoms with Crippen LogP contribution in [0.25, 0.3) is 0 Å². The molecular formula is C22H30N4O3. The van der Waals surface area contributed by atoms with Crippen molar-refractivity contribution in [2.75, 3.05) is 51.5 Å². The van der Waals surface area contributed by atoms with Gasteiger partial charge < -0.3 is 19.1 Å². The lowest BCUT2D eigenvalue weighted by atomic mass is 10.1. The zero-order valence-corrected chi connectivity index (χ0v) is 17.1. The Balaban J connectivity index is 1.42. The summed E-state index contributed by atoms with van der Waals surface area (Å²) in [5.74, 6) is 1.67. The van der Waals surface area contributed by atoms with E-state index in [0.717, 1.165) is 82.6 Å². The molecule has 2 fully saturated rings. The fourth-order valence-corrected chi connectivity index (χ4v) is 3.86. The third-order valence-electron chi connectivity index (χ3n) is 5.44. The molecule has 0 aliphatic carbocycles. The Morgan fingerprint density at radius 2 is 1.76 bits per heavy atom. The third kappa shape index (κ3) is 5.65. The first-order valence-electron chi connectivity index (χ1n) is 10.4. The van der Waals surface area contributed by atoms with Crippen molar-refractivity contribution < 1.29 is 14.2 Å². The van der Waals surface area contributed by atoms with E-state index in [1.165, 1.54) is 5.56 Å². The Morgan fingerprint density at radius 1 is 1.03 bits per heavy atom. The van der Waals surface area contributed by atoms with Crippen LogP contribution in [0.4, 0.5) is 5.95 Å². The summed E-state index contributed by atoms with van der Waals surface area (Å²) in [7, 11) is 1.69. The fraction of sp³-hybridized carbons (Fsp3) is 0.545. The first-order chi connectivity index (χ1) is 14.3. The fourth-order valence-electron chi connectivity index (χ4n) is 3.86. The molecule has 1 aromatic carbocycles. The highest BCUT2D eigenvalue weighted by molar-refractivity contribution is 5.30. The molecule has 29 heavy (non-hydrogen) atoms. The molecule has 0 unspecified atom stereocenters. The van der Waals surface area contributed by atoms with Crippen LogP contribution in [0.2, 0.25) is 0 Å². The van der Waals surface area contributed by atoms with Gasteiger partial charge in [-0.25, -0.2) is 9.97 Å². The first-order valence-corrected chi connectivity index (χ1v) is 10.4. The van der Waals surface area contributed by atoms with Crippen molar-refractivity contribution >= 4 is 5.95 Å². The maximum atomic E-state index is 5.88. The first kappa shape index (κ1) is 20.1. The van der Waals surface area contributed by atoms with E-state index in [4.69, 9.17) is 14.2 Å². The normalized spacial score (nSPS) is 19.7. The number of ether oxygens (including phenoxy) is 3. The molecule has 7 heteroatoms. The number of hydrogen-bond acceptors (Lipinski definition) is 7. The minimum atomic E-state index is 0.307. The number of morpholine rings is 1. The molecule has 0 saturated carbocycles. The zero-order valence-electron chi connectivity index (χ0n) is 17.1. The maximum Gasteiger partial charge on any atom is 0.225 e. The van der Waals surface area contributed by atoms with E-state index in [2.05, 4.69) is 31.9 Å². The number of methoxy groups -OCH3 is 1. The van der Waals surface area contributed by atoms with E-state index in [1.54, 1.807) is 7.11 Å². The van der Waals surface area contributed by atoms with Gasteiger partial charge in [-0.3, -0.25) is 4.90 Å². The minimum absolute atomic E-state index is 0.307. The van der Waals surface area contributed by atoms with E-state index in [9.17, 15) is 0 Å². The van der Waals surface area contributed by atoms with Gasteiger partial charge in [0.15, 0.2) is 0 Å². The molecule has 2 aromatic rings. The largest absolute Gasteiger partial charge is 0.497 e. The molecule has 7 nitrogen and oxygen atoms in total. The second kappa shape index (κ2) is 10.0. The van der Waals surface area contributed by atoms with Crippen molar-refractivity contribution in [3.8, 4) is 5.75 Å². The predicted molar refractivity (Wildman–Crippen MR) is 111 cm³/mol. The van der Waals surface area contributed by atoms with Crippen molar-refractivity contribution in [2.45, 2.75) is 32.0 Å². The summed E-state index contributed by atoms with van der Waals surface area (Å²) >= 11 is 0. The SMILES string of the molecule is COc1ccc(CN(Cc2cnc(N3CCOCC3)nc2)C[C@H]2CCCO2)cc1. The zero-order chi connectivity index (χ0) is 19.9. The number of benzene rings is 1. The van der Waals surface area contributed by atoms with Crippen molar-refractivity contribution in [3.63, 3.8) is 0 Å². The lowest BCUT2D eigenvalue weighted by Gasteiger charge is -2.27. The lowest BCUT2D eigenvalue weighted by molar-refractivity contribution is 0.0678. The summed E-state index contributed by atoms with van der Waals surface area (Å²) in [6.07, 6.45) is 6.49. The molecule has 0 bridgehead atoms. The highest BCUT2D eigenvalue weighted by Crippen LogP contribution is 2.19. The maximum absolute atomic E-state index is 5.88. The predicted octanol–water partition coefficient (Wildman–Crippen LogP) is 2.50. The lowest BCUT2D eigenvalue weighted by Crippen LogP contribution is -2.37. The molecule has 0 N–H and O–H groups in total. The van der Waals surface area contributed by atoms with Crippen LogP contribution < -0.4 is 9.64 Å². The van der Waals surface area contributed by atoms with Gasteiger partial charge in [0.25, 0.3) is 0 Å². The van der Waals surface area contributed by atoms with Crippen LogP contribution in [-0.4, -0.2) is 67.5 Å². The van der Waals surface area contributed by atoms with Gasteiger partial charge >= 0.3 is 0 Å². The molecule has 2 aliphatic heterocycles. The second-order valence-electron chi connectivity index (χ2n) is 7.64. The molecular weight excluding hydrogens is 368 g/mol. The molecule has 4 rings (SSSR count). The standard InChI is InChI=1S/C22H30N4O3/c1-27-20-6-4-18(5-7-20)15-25(17-21-3-2-10-29-21)16-19-13-23-22(24-14-19)26-8-11-28-12-9-26/h4-7,13-14,21H,2-3,8-12,15-17H2,1H3/t21-/m1/s1. The van der Waals surface area contributed by atoms with Gasteiger partial charge in [-0.05, 0) is 30.5 Å². The average molecular weight is 399 g/mol. The van der Waals surface area contributed by atoms with Crippen LogP contribution in [0.5, 0.6) is 5.75 Å². The van der Waals surface area contributed by atoms with Gasteiger partial charge in [0.05, 0.1) is 26.4 Å². The van der Waals surface area contributed by atoms with Crippen molar-refractivity contribution in [1.29, 1.82) is 0 Å². The van der Waals surface area contributed by atoms with Crippen molar-refractivity contribution in [3.05, 3.63) is 47.8 Å². The van der Waals surface area contributed by atoms with E-state index < -0.39 is 0 Å². The van der Waals surface area contributed by atoms with Crippen LogP contribution in [0.3, 0.4) is 0 Å². The topological polar surface area (TPSA) is 60.0 Å². The Bertz CT molecular complexity index is 742. The molecule has 2 saturated heterocycles. The Morgan fingerprint density at radius 3 is 2.41 bits per heavy atom. The smallest absolute Gasteiger partial charge is 0.225 e. The van der Waals surface area contributed by atoms with Crippen molar-refractivity contribution in [2.24, 2.45) is 0 Å². The average Bonchev–Trinajstić information content (AvgIpc) is 3.28. The van der Waals surface area contributed by atoms with Crippen molar-refractivity contribution in [1.82, 2.24) is 14.9 Å². The monoisotopic (exact) mass is 398 g/mol. The number of anilines is 1. The van der Waals surface area contributed by atoms with Gasteiger partial charge in [-0.2, -0.15) is 0 Å². The van der Waals surface area contributed by atoms with Crippen LogP contribution in [0.1, 0.15) is 24.0 Å². The Kier molecular flexibility index (Phi) is 6.92. The minimum Gasteiger partial charge on any atom is -0.497 e. The van der Waals surface area contributed by atoms with Gasteiger partial charge in [0.2, 0.25) is 5.95 Å². The summed E-state index contributed by atoms with van der Waals surface area (Å²) in [4.78, 5) is 13.8. The van der Waals surface area contributed by atoms with Gasteiger partial charge in [0, 0.05) is 57.3 Å². The van der Waals surface area contributed by atoms with Gasteiger partial charge in [-0.1, -0.05) is 12.1 Å². The third-order valence-corrected chi connectivity index (χ3v) is 5.44. The van der Waals surface area contributed by atoms with E-state index in [-0.39, 0.29) is 0 Å². The molecule has 156 valence electrons. The Hall–Kier alpha value is -2.22. The molecule has 0 radical (unpaired) electrons. The molecule has 2 aliphatic rings. The van der Waals surface area contributed by atoms with Crippen LogP contribution in [0.15, 0.2) is 36.7 Å². The van der Waals surface area contributed by atoms with Crippen LogP contribution >= 0.6 is 0 Å². The molecule has 0 spiro atoms. The second-order valence-corrected chi connectivity index (χ2v) is 7.64. The summed E-state index contributed by atoms with van der Waals surface area (Å²) in [6.45, 7) is 6.62.